The fourth-order valence-corrected chi connectivity index (χ4v) is 1.94. The van der Waals surface area contributed by atoms with E-state index in [9.17, 15) is 9.90 Å². The summed E-state index contributed by atoms with van der Waals surface area (Å²) in [4.78, 5) is 11.8. The Morgan fingerprint density at radius 1 is 1.26 bits per heavy atom. The first kappa shape index (κ1) is 15.3. The van der Waals surface area contributed by atoms with Crippen molar-refractivity contribution in [1.29, 1.82) is 0 Å². The molecule has 0 fully saturated rings. The van der Waals surface area contributed by atoms with Crippen LogP contribution in [0.5, 0.6) is 5.75 Å². The van der Waals surface area contributed by atoms with E-state index in [4.69, 9.17) is 0 Å². The van der Waals surface area contributed by atoms with E-state index in [1.54, 1.807) is 12.1 Å². The molecule has 1 rings (SSSR count). The quantitative estimate of drug-likeness (QED) is 0.708. The molecular weight excluding hydrogens is 240 g/mol. The van der Waals surface area contributed by atoms with Gasteiger partial charge in [0.15, 0.2) is 0 Å². The molecule has 0 saturated heterocycles. The van der Waals surface area contributed by atoms with Gasteiger partial charge in [-0.1, -0.05) is 27.7 Å². The molecule has 1 aromatic rings. The van der Waals surface area contributed by atoms with Gasteiger partial charge in [-0.3, -0.25) is 0 Å². The molecule has 3 N–H and O–H groups in total. The molecule has 0 atom stereocenters. The minimum absolute atomic E-state index is 0.196. The van der Waals surface area contributed by atoms with Crippen LogP contribution in [0.2, 0.25) is 0 Å². The third-order valence-corrected chi connectivity index (χ3v) is 3.23. The van der Waals surface area contributed by atoms with Gasteiger partial charge in [-0.2, -0.15) is 0 Å². The van der Waals surface area contributed by atoms with Gasteiger partial charge in [-0.25, -0.2) is 4.79 Å². The molecule has 0 radical (unpaired) electrons. The molecular formula is C15H24N2O2. The molecule has 2 amide bonds. The van der Waals surface area contributed by atoms with Crippen molar-refractivity contribution in [2.75, 3.05) is 5.32 Å². The highest BCUT2D eigenvalue weighted by Gasteiger charge is 2.10. The van der Waals surface area contributed by atoms with E-state index >= 15 is 0 Å². The largest absolute Gasteiger partial charge is 0.508 e. The number of carbonyl (C=O) groups excluding carboxylic acids is 1. The van der Waals surface area contributed by atoms with Gasteiger partial charge in [-0.05, 0) is 42.5 Å². The maximum Gasteiger partial charge on any atom is 0.319 e. The fourth-order valence-electron chi connectivity index (χ4n) is 1.94. The number of nitrogens with one attached hydrogen (secondary N) is 2. The van der Waals surface area contributed by atoms with E-state index in [1.807, 2.05) is 33.8 Å². The Morgan fingerprint density at radius 2 is 1.89 bits per heavy atom. The molecule has 0 saturated carbocycles. The number of benzene rings is 1. The van der Waals surface area contributed by atoms with Crippen LogP contribution >= 0.6 is 0 Å². The Labute approximate surface area is 115 Å². The normalized spacial score (nSPS) is 10.8. The van der Waals surface area contributed by atoms with E-state index in [0.29, 0.717) is 5.69 Å². The van der Waals surface area contributed by atoms with Gasteiger partial charge < -0.3 is 15.7 Å². The minimum Gasteiger partial charge on any atom is -0.508 e. The molecule has 4 heteroatoms. The number of aromatic hydroxyl groups is 1. The third-order valence-electron chi connectivity index (χ3n) is 3.23. The maximum absolute atomic E-state index is 11.8. The van der Waals surface area contributed by atoms with Crippen molar-refractivity contribution in [3.63, 3.8) is 0 Å². The Kier molecular flexibility index (Phi) is 5.67. The summed E-state index contributed by atoms with van der Waals surface area (Å²) < 4.78 is 0. The number of carbonyl (C=O) groups is 1. The summed E-state index contributed by atoms with van der Waals surface area (Å²) in [5.74, 6) is 0.477. The molecule has 0 aliphatic carbocycles. The van der Waals surface area contributed by atoms with E-state index in [2.05, 4.69) is 10.6 Å². The van der Waals surface area contributed by atoms with Crippen LogP contribution in [-0.2, 0) is 0 Å². The smallest absolute Gasteiger partial charge is 0.319 e. The van der Waals surface area contributed by atoms with Crippen molar-refractivity contribution in [2.45, 2.75) is 52.5 Å². The highest BCUT2D eigenvalue weighted by Crippen LogP contribution is 2.28. The molecule has 19 heavy (non-hydrogen) atoms. The highest BCUT2D eigenvalue weighted by molar-refractivity contribution is 5.89. The second-order valence-corrected chi connectivity index (χ2v) is 5.04. The summed E-state index contributed by atoms with van der Waals surface area (Å²) in [6, 6.07) is 5.12. The van der Waals surface area contributed by atoms with Crippen LogP contribution in [0.25, 0.3) is 0 Å². The molecule has 4 nitrogen and oxygen atoms in total. The number of anilines is 1. The van der Waals surface area contributed by atoms with Gasteiger partial charge >= 0.3 is 6.03 Å². The molecule has 0 unspecified atom stereocenters. The molecule has 1 aromatic carbocycles. The van der Waals surface area contributed by atoms with Crippen molar-refractivity contribution in [1.82, 2.24) is 5.32 Å². The van der Waals surface area contributed by atoms with Crippen LogP contribution in [0.1, 0.15) is 52.0 Å². The Bertz CT molecular complexity index is 426. The van der Waals surface area contributed by atoms with Crippen molar-refractivity contribution >= 4 is 11.7 Å². The Hall–Kier alpha value is -1.71. The number of hydrogen-bond acceptors (Lipinski definition) is 2. The first-order valence-corrected chi connectivity index (χ1v) is 6.88. The lowest BCUT2D eigenvalue weighted by Gasteiger charge is -2.16. The first-order chi connectivity index (χ1) is 8.97. The number of phenolic OH excluding ortho intramolecular Hbond substituents is 1. The van der Waals surface area contributed by atoms with Crippen molar-refractivity contribution in [3.8, 4) is 5.75 Å². The number of amides is 2. The van der Waals surface area contributed by atoms with Crippen LogP contribution in [0.3, 0.4) is 0 Å². The summed E-state index contributed by atoms with van der Waals surface area (Å²) in [6.07, 6.45) is 1.83. The summed E-state index contributed by atoms with van der Waals surface area (Å²) in [5, 5.41) is 15.5. The molecule has 0 heterocycles. The van der Waals surface area contributed by atoms with E-state index in [0.717, 1.165) is 18.4 Å². The zero-order valence-electron chi connectivity index (χ0n) is 12.2. The summed E-state index contributed by atoms with van der Waals surface area (Å²) in [7, 11) is 0. The zero-order chi connectivity index (χ0) is 14.4. The molecule has 106 valence electrons. The standard InChI is InChI=1S/C15H24N2O2/c1-5-11(6-2)16-15(19)17-12-7-8-14(18)13(9-12)10(3)4/h7-11,18H,5-6H2,1-4H3,(H2,16,17,19). The lowest BCUT2D eigenvalue weighted by Crippen LogP contribution is -2.37. The first-order valence-electron chi connectivity index (χ1n) is 6.88. The van der Waals surface area contributed by atoms with Crippen molar-refractivity contribution in [3.05, 3.63) is 23.8 Å². The highest BCUT2D eigenvalue weighted by atomic mass is 16.3. The van der Waals surface area contributed by atoms with Crippen LogP contribution in [-0.4, -0.2) is 17.2 Å². The van der Waals surface area contributed by atoms with Crippen LogP contribution in [0, 0.1) is 0 Å². The monoisotopic (exact) mass is 264 g/mol. The molecule has 0 aromatic heterocycles. The van der Waals surface area contributed by atoms with Gasteiger partial charge in [0.25, 0.3) is 0 Å². The van der Waals surface area contributed by atoms with Gasteiger partial charge in [0, 0.05) is 11.7 Å². The predicted octanol–water partition coefficient (Wildman–Crippen LogP) is 3.83. The lowest BCUT2D eigenvalue weighted by molar-refractivity contribution is 0.247. The number of urea groups is 1. The average Bonchev–Trinajstić information content (AvgIpc) is 2.37. The van der Waals surface area contributed by atoms with Gasteiger partial charge in [-0.15, -0.1) is 0 Å². The maximum atomic E-state index is 11.8. The topological polar surface area (TPSA) is 61.4 Å². The predicted molar refractivity (Wildman–Crippen MR) is 78.7 cm³/mol. The van der Waals surface area contributed by atoms with Crippen molar-refractivity contribution in [2.24, 2.45) is 0 Å². The summed E-state index contributed by atoms with van der Waals surface area (Å²) in [5.41, 5.74) is 1.53. The number of rotatable bonds is 5. The van der Waals surface area contributed by atoms with Crippen molar-refractivity contribution < 1.29 is 9.90 Å². The molecule has 0 aliphatic rings. The summed E-state index contributed by atoms with van der Waals surface area (Å²) >= 11 is 0. The number of hydrogen-bond donors (Lipinski definition) is 3. The van der Waals surface area contributed by atoms with Crippen LogP contribution < -0.4 is 10.6 Å². The lowest BCUT2D eigenvalue weighted by atomic mass is 10.0. The fraction of sp³-hybridized carbons (Fsp3) is 0.533. The van der Waals surface area contributed by atoms with Gasteiger partial charge in [0.1, 0.15) is 5.75 Å². The molecule has 0 bridgehead atoms. The average molecular weight is 264 g/mol. The van der Waals surface area contributed by atoms with Gasteiger partial charge in [0.05, 0.1) is 0 Å². The molecule has 0 spiro atoms. The van der Waals surface area contributed by atoms with E-state index in [1.165, 1.54) is 0 Å². The zero-order valence-corrected chi connectivity index (χ0v) is 12.2. The molecule has 0 aliphatic heterocycles. The Balaban J connectivity index is 2.72. The second-order valence-electron chi connectivity index (χ2n) is 5.04. The van der Waals surface area contributed by atoms with E-state index in [-0.39, 0.29) is 23.7 Å². The SMILES string of the molecule is CCC(CC)NC(=O)Nc1ccc(O)c(C(C)C)c1. The third kappa shape index (κ3) is 4.47. The number of phenols is 1. The van der Waals surface area contributed by atoms with Gasteiger partial charge in [0.2, 0.25) is 0 Å². The summed E-state index contributed by atoms with van der Waals surface area (Å²) in [6.45, 7) is 8.10. The minimum atomic E-state index is -0.200. The Morgan fingerprint density at radius 3 is 2.42 bits per heavy atom. The van der Waals surface area contributed by atoms with Crippen LogP contribution in [0.4, 0.5) is 10.5 Å². The second kappa shape index (κ2) is 7.02. The van der Waals surface area contributed by atoms with Crippen LogP contribution in [0.15, 0.2) is 18.2 Å². The van der Waals surface area contributed by atoms with E-state index < -0.39 is 0 Å².